The SMILES string of the molecule is CN1[SiH2]N(C)[Si](C)(C)[Si]1(C)C. The standard InChI is InChI=1S/C6H20N2Si3/c1-7-9-8(2)11(5,6)10(7,3)4/h9H2,1-6H3. The molecule has 2 nitrogen and oxygen atoms in total. The molecule has 1 heterocycles. The molecule has 1 saturated heterocycles. The molecule has 66 valence electrons. The molecule has 11 heavy (non-hydrogen) atoms. The van der Waals surface area contributed by atoms with Gasteiger partial charge < -0.3 is 8.46 Å². The van der Waals surface area contributed by atoms with Crippen molar-refractivity contribution in [1.29, 1.82) is 0 Å². The lowest BCUT2D eigenvalue weighted by Gasteiger charge is -2.37. The zero-order chi connectivity index (χ0) is 8.86. The van der Waals surface area contributed by atoms with E-state index in [1.165, 1.54) is 0 Å². The van der Waals surface area contributed by atoms with Crippen molar-refractivity contribution >= 4 is 25.3 Å². The maximum Gasteiger partial charge on any atom is 0.158 e. The summed E-state index contributed by atoms with van der Waals surface area (Å²) in [5.74, 6) is 0. The maximum atomic E-state index is 2.74. The average Bonchev–Trinajstić information content (AvgIpc) is 1.95. The maximum absolute atomic E-state index is 2.74. The summed E-state index contributed by atoms with van der Waals surface area (Å²) < 4.78 is 5.47. The summed E-state index contributed by atoms with van der Waals surface area (Å²) in [6.07, 6.45) is 0. The van der Waals surface area contributed by atoms with Gasteiger partial charge in [0, 0.05) is 0 Å². The fourth-order valence-corrected chi connectivity index (χ4v) is 22.5. The van der Waals surface area contributed by atoms with Crippen LogP contribution in [0.4, 0.5) is 0 Å². The van der Waals surface area contributed by atoms with Crippen LogP contribution in [0.25, 0.3) is 0 Å². The van der Waals surface area contributed by atoms with Crippen LogP contribution < -0.4 is 0 Å². The summed E-state index contributed by atoms with van der Waals surface area (Å²) >= 11 is 0. The summed E-state index contributed by atoms with van der Waals surface area (Å²) in [5.41, 5.74) is 0. The zero-order valence-corrected chi connectivity index (χ0v) is 12.0. The fourth-order valence-electron chi connectivity index (χ4n) is 1.61. The van der Waals surface area contributed by atoms with Crippen molar-refractivity contribution in [2.24, 2.45) is 0 Å². The molecular formula is C6H20N2Si3. The summed E-state index contributed by atoms with van der Waals surface area (Å²) in [6.45, 7) is 10.1. The van der Waals surface area contributed by atoms with Gasteiger partial charge in [0.15, 0.2) is 9.84 Å². The minimum Gasteiger partial charge on any atom is -0.342 e. The van der Waals surface area contributed by atoms with Crippen molar-refractivity contribution in [3.63, 3.8) is 0 Å². The molecule has 0 aromatic heterocycles. The summed E-state index contributed by atoms with van der Waals surface area (Å²) in [5, 5.41) is 0. The van der Waals surface area contributed by atoms with Gasteiger partial charge in [-0.05, 0) is 14.1 Å². The Morgan fingerprint density at radius 2 is 1.09 bits per heavy atom. The Hall–Kier alpha value is 0.571. The second-order valence-corrected chi connectivity index (χ2v) is 23.2. The molecule has 0 N–H and O–H groups in total. The molecule has 0 saturated carbocycles. The quantitative estimate of drug-likeness (QED) is 0.526. The van der Waals surface area contributed by atoms with Gasteiger partial charge >= 0.3 is 0 Å². The van der Waals surface area contributed by atoms with Gasteiger partial charge in [-0.1, -0.05) is 26.2 Å². The summed E-state index contributed by atoms with van der Waals surface area (Å²) in [7, 11) is 2.71. The summed E-state index contributed by atoms with van der Waals surface area (Å²) in [4.78, 5) is 0. The van der Waals surface area contributed by atoms with Gasteiger partial charge in [0.25, 0.3) is 0 Å². The van der Waals surface area contributed by atoms with Gasteiger partial charge in [0.2, 0.25) is 0 Å². The minimum absolute atomic E-state index is 0.0262. The molecule has 0 spiro atoms. The predicted octanol–water partition coefficient (Wildman–Crippen LogP) is 0.351. The van der Waals surface area contributed by atoms with E-state index in [9.17, 15) is 0 Å². The highest BCUT2D eigenvalue weighted by molar-refractivity contribution is 7.42. The first-order chi connectivity index (χ1) is 4.80. The van der Waals surface area contributed by atoms with E-state index in [1.807, 2.05) is 0 Å². The van der Waals surface area contributed by atoms with E-state index >= 15 is 0 Å². The number of rotatable bonds is 0. The molecule has 0 amide bonds. The third-order valence-electron chi connectivity index (χ3n) is 3.83. The predicted molar refractivity (Wildman–Crippen MR) is 59.0 cm³/mol. The van der Waals surface area contributed by atoms with Crippen LogP contribution in [0.5, 0.6) is 0 Å². The van der Waals surface area contributed by atoms with Gasteiger partial charge in [-0.25, -0.2) is 0 Å². The summed E-state index contributed by atoms with van der Waals surface area (Å²) in [6, 6.07) is 0. The van der Waals surface area contributed by atoms with Gasteiger partial charge in [0.05, 0.1) is 0 Å². The van der Waals surface area contributed by atoms with Crippen molar-refractivity contribution in [3.05, 3.63) is 0 Å². The van der Waals surface area contributed by atoms with Crippen molar-refractivity contribution in [1.82, 2.24) is 8.46 Å². The van der Waals surface area contributed by atoms with Gasteiger partial charge in [-0.3, -0.25) is 0 Å². The van der Waals surface area contributed by atoms with Crippen LogP contribution in [-0.4, -0.2) is 47.9 Å². The molecule has 0 unspecified atom stereocenters. The number of hydrogen-bond acceptors (Lipinski definition) is 2. The second kappa shape index (κ2) is 2.53. The van der Waals surface area contributed by atoms with Crippen LogP contribution in [0.2, 0.25) is 26.2 Å². The largest absolute Gasteiger partial charge is 0.342 e. The van der Waals surface area contributed by atoms with E-state index in [0.29, 0.717) is 0 Å². The highest BCUT2D eigenvalue weighted by Gasteiger charge is 2.52. The van der Waals surface area contributed by atoms with Gasteiger partial charge in [-0.2, -0.15) is 0 Å². The molecule has 1 aliphatic rings. The zero-order valence-electron chi connectivity index (χ0n) is 8.60. The normalized spacial score (nSPS) is 31.1. The molecule has 1 rings (SSSR count). The van der Waals surface area contributed by atoms with Crippen LogP contribution in [0.3, 0.4) is 0 Å². The Morgan fingerprint density at radius 1 is 0.818 bits per heavy atom. The van der Waals surface area contributed by atoms with E-state index in [1.54, 1.807) is 0 Å². The minimum atomic E-state index is -0.974. The third kappa shape index (κ3) is 1.19. The van der Waals surface area contributed by atoms with Crippen molar-refractivity contribution in [2.75, 3.05) is 14.1 Å². The molecule has 0 atom stereocenters. The van der Waals surface area contributed by atoms with E-state index in [2.05, 4.69) is 48.7 Å². The van der Waals surface area contributed by atoms with Crippen LogP contribution in [0.1, 0.15) is 0 Å². The first-order valence-corrected chi connectivity index (χ1v) is 12.4. The Labute approximate surface area is 74.5 Å². The van der Waals surface area contributed by atoms with E-state index in [0.717, 1.165) is 0 Å². The second-order valence-electron chi connectivity index (χ2n) is 4.66. The Morgan fingerprint density at radius 3 is 1.18 bits per heavy atom. The lowest BCUT2D eigenvalue weighted by atomic mass is 11.6. The smallest absolute Gasteiger partial charge is 0.158 e. The highest BCUT2D eigenvalue weighted by Crippen LogP contribution is 2.29. The Bertz CT molecular complexity index is 151. The topological polar surface area (TPSA) is 6.48 Å². The van der Waals surface area contributed by atoms with E-state index in [4.69, 9.17) is 0 Å². The Balaban J connectivity index is 2.95. The monoisotopic (exact) mass is 204 g/mol. The molecule has 0 aliphatic carbocycles. The Kier molecular flexibility index (Phi) is 2.22. The number of hydrogen-bond donors (Lipinski definition) is 0. The first kappa shape index (κ1) is 9.66. The van der Waals surface area contributed by atoms with E-state index in [-0.39, 0.29) is 9.84 Å². The van der Waals surface area contributed by atoms with Crippen molar-refractivity contribution < 1.29 is 0 Å². The molecule has 0 radical (unpaired) electrons. The van der Waals surface area contributed by atoms with Crippen molar-refractivity contribution in [3.8, 4) is 0 Å². The van der Waals surface area contributed by atoms with E-state index < -0.39 is 15.5 Å². The molecule has 0 bridgehead atoms. The average molecular weight is 204 g/mol. The molecule has 0 aromatic carbocycles. The van der Waals surface area contributed by atoms with Crippen LogP contribution >= 0.6 is 0 Å². The first-order valence-electron chi connectivity index (χ1n) is 4.22. The molecular weight excluding hydrogens is 184 g/mol. The van der Waals surface area contributed by atoms with Crippen LogP contribution in [0, 0.1) is 0 Å². The highest BCUT2D eigenvalue weighted by atomic mass is 29.3. The van der Waals surface area contributed by atoms with Crippen molar-refractivity contribution in [2.45, 2.75) is 26.2 Å². The molecule has 1 aliphatic heterocycles. The molecule has 0 aromatic rings. The van der Waals surface area contributed by atoms with Gasteiger partial charge in [0.1, 0.15) is 15.5 Å². The fraction of sp³-hybridized carbons (Fsp3) is 1.00. The number of nitrogens with zero attached hydrogens (tertiary/aromatic N) is 2. The van der Waals surface area contributed by atoms with Crippen LogP contribution in [-0.2, 0) is 0 Å². The lowest BCUT2D eigenvalue weighted by molar-refractivity contribution is 0.743. The third-order valence-corrected chi connectivity index (χ3v) is 30.3. The van der Waals surface area contributed by atoms with Gasteiger partial charge in [-0.15, -0.1) is 0 Å². The molecule has 1 fully saturated rings. The lowest BCUT2D eigenvalue weighted by Crippen LogP contribution is -2.62. The van der Waals surface area contributed by atoms with Crippen LogP contribution in [0.15, 0.2) is 0 Å². The molecule has 5 heteroatoms.